The monoisotopic (exact) mass is 265 g/mol. The average Bonchev–Trinajstić information content (AvgIpc) is 2.35. The lowest BCUT2D eigenvalue weighted by Crippen LogP contribution is -2.39. The summed E-state index contributed by atoms with van der Waals surface area (Å²) in [7, 11) is 0. The Morgan fingerprint density at radius 2 is 2.32 bits per heavy atom. The fraction of sp³-hybridized carbons (Fsp3) is 0.714. The van der Waals surface area contributed by atoms with E-state index in [-0.39, 0.29) is 5.56 Å². The van der Waals surface area contributed by atoms with Crippen molar-refractivity contribution in [1.82, 2.24) is 9.97 Å². The van der Waals surface area contributed by atoms with Crippen LogP contribution in [0.4, 0.5) is 5.82 Å². The van der Waals surface area contributed by atoms with Crippen LogP contribution in [0.25, 0.3) is 0 Å². The van der Waals surface area contributed by atoms with E-state index in [4.69, 9.17) is 10.5 Å². The van der Waals surface area contributed by atoms with E-state index in [0.29, 0.717) is 29.7 Å². The van der Waals surface area contributed by atoms with Crippen molar-refractivity contribution in [2.45, 2.75) is 52.1 Å². The standard InChI is InChI=1S/C14H23N3O2/c1-4-19-14(7-5-6-9(2)8-14)13-16-11(15)10(3)12(18)17-13/h9H,4-8H2,1-3H3,(H3,15,16,17,18). The first-order valence-corrected chi connectivity index (χ1v) is 6.99. The molecule has 1 saturated carbocycles. The van der Waals surface area contributed by atoms with Gasteiger partial charge < -0.3 is 15.5 Å². The highest BCUT2D eigenvalue weighted by Crippen LogP contribution is 2.41. The van der Waals surface area contributed by atoms with Gasteiger partial charge in [-0.1, -0.05) is 13.3 Å². The Bertz CT molecular complexity index is 508. The van der Waals surface area contributed by atoms with Crippen LogP contribution < -0.4 is 11.3 Å². The number of anilines is 1. The van der Waals surface area contributed by atoms with Gasteiger partial charge in [-0.05, 0) is 39.0 Å². The molecule has 106 valence electrons. The van der Waals surface area contributed by atoms with Crippen molar-refractivity contribution in [3.63, 3.8) is 0 Å². The summed E-state index contributed by atoms with van der Waals surface area (Å²) in [5.74, 6) is 1.46. The van der Waals surface area contributed by atoms with Crippen molar-refractivity contribution >= 4 is 5.82 Å². The molecule has 0 spiro atoms. The normalized spacial score (nSPS) is 27.4. The van der Waals surface area contributed by atoms with Crippen molar-refractivity contribution < 1.29 is 4.74 Å². The van der Waals surface area contributed by atoms with Gasteiger partial charge in [-0.15, -0.1) is 0 Å². The van der Waals surface area contributed by atoms with Crippen LogP contribution >= 0.6 is 0 Å². The van der Waals surface area contributed by atoms with Crippen LogP contribution in [0.15, 0.2) is 4.79 Å². The Morgan fingerprint density at radius 1 is 1.58 bits per heavy atom. The van der Waals surface area contributed by atoms with E-state index in [2.05, 4.69) is 16.9 Å². The Balaban J connectivity index is 2.47. The predicted octanol–water partition coefficient (Wildman–Crippen LogP) is 2.10. The van der Waals surface area contributed by atoms with E-state index in [1.54, 1.807) is 6.92 Å². The molecule has 2 atom stereocenters. The second kappa shape index (κ2) is 5.33. The largest absolute Gasteiger partial charge is 0.383 e. The van der Waals surface area contributed by atoms with Gasteiger partial charge in [0.2, 0.25) is 0 Å². The third-order valence-electron chi connectivity index (χ3n) is 4.00. The van der Waals surface area contributed by atoms with Crippen LogP contribution in [0.5, 0.6) is 0 Å². The lowest BCUT2D eigenvalue weighted by atomic mass is 9.78. The molecule has 1 fully saturated rings. The van der Waals surface area contributed by atoms with Gasteiger partial charge in [-0.3, -0.25) is 4.79 Å². The minimum absolute atomic E-state index is 0.167. The smallest absolute Gasteiger partial charge is 0.255 e. The van der Waals surface area contributed by atoms with Gasteiger partial charge in [0.1, 0.15) is 17.2 Å². The zero-order valence-corrected chi connectivity index (χ0v) is 12.0. The van der Waals surface area contributed by atoms with Crippen LogP contribution in [0.3, 0.4) is 0 Å². The summed E-state index contributed by atoms with van der Waals surface area (Å²) in [6.45, 7) is 6.46. The van der Waals surface area contributed by atoms with Crippen LogP contribution in [0.2, 0.25) is 0 Å². The summed E-state index contributed by atoms with van der Waals surface area (Å²) >= 11 is 0. The Kier molecular flexibility index (Phi) is 3.94. The zero-order valence-electron chi connectivity index (χ0n) is 12.0. The first-order chi connectivity index (χ1) is 8.98. The van der Waals surface area contributed by atoms with E-state index in [1.165, 1.54) is 6.42 Å². The van der Waals surface area contributed by atoms with Gasteiger partial charge in [-0.25, -0.2) is 4.98 Å². The molecule has 5 nitrogen and oxygen atoms in total. The Morgan fingerprint density at radius 3 is 2.89 bits per heavy atom. The van der Waals surface area contributed by atoms with Crippen LogP contribution in [-0.4, -0.2) is 16.6 Å². The zero-order chi connectivity index (χ0) is 14.0. The van der Waals surface area contributed by atoms with Crippen molar-refractivity contribution in [3.8, 4) is 0 Å². The topological polar surface area (TPSA) is 81.0 Å². The molecular weight excluding hydrogens is 242 g/mol. The van der Waals surface area contributed by atoms with Crippen molar-refractivity contribution in [2.24, 2.45) is 5.92 Å². The number of H-pyrrole nitrogens is 1. The fourth-order valence-electron chi connectivity index (χ4n) is 2.96. The molecule has 0 aliphatic heterocycles. The van der Waals surface area contributed by atoms with Crippen molar-refractivity contribution in [3.05, 3.63) is 21.7 Å². The van der Waals surface area contributed by atoms with E-state index >= 15 is 0 Å². The number of nitrogens with two attached hydrogens (primary N) is 1. The number of aromatic nitrogens is 2. The number of hydrogen-bond donors (Lipinski definition) is 2. The van der Waals surface area contributed by atoms with Crippen LogP contribution in [0, 0.1) is 12.8 Å². The molecule has 3 N–H and O–H groups in total. The number of nitrogen functional groups attached to an aromatic ring is 1. The summed E-state index contributed by atoms with van der Waals surface area (Å²) in [4.78, 5) is 19.1. The Hall–Kier alpha value is -1.36. The molecule has 1 heterocycles. The van der Waals surface area contributed by atoms with Gasteiger partial charge in [0, 0.05) is 6.61 Å². The fourth-order valence-corrected chi connectivity index (χ4v) is 2.96. The Labute approximate surface area is 113 Å². The van der Waals surface area contributed by atoms with E-state index in [9.17, 15) is 4.79 Å². The molecule has 0 bridgehead atoms. The molecule has 19 heavy (non-hydrogen) atoms. The molecule has 0 radical (unpaired) electrons. The van der Waals surface area contributed by atoms with Gasteiger partial charge in [0.15, 0.2) is 0 Å². The quantitative estimate of drug-likeness (QED) is 0.877. The predicted molar refractivity (Wildman–Crippen MR) is 74.9 cm³/mol. The maximum absolute atomic E-state index is 11.9. The second-order valence-corrected chi connectivity index (χ2v) is 5.55. The summed E-state index contributed by atoms with van der Waals surface area (Å²) < 4.78 is 5.99. The van der Waals surface area contributed by atoms with Gasteiger partial charge in [0.05, 0.1) is 5.56 Å². The molecule has 1 aromatic rings. The highest BCUT2D eigenvalue weighted by molar-refractivity contribution is 5.37. The molecule has 2 unspecified atom stereocenters. The number of rotatable bonds is 3. The molecule has 1 aliphatic rings. The van der Waals surface area contributed by atoms with Crippen LogP contribution in [-0.2, 0) is 10.3 Å². The molecule has 5 heteroatoms. The summed E-state index contributed by atoms with van der Waals surface area (Å²) in [5, 5.41) is 0. The first kappa shape index (κ1) is 14.1. The average molecular weight is 265 g/mol. The minimum atomic E-state index is -0.479. The lowest BCUT2D eigenvalue weighted by Gasteiger charge is -2.38. The molecule has 0 aromatic carbocycles. The van der Waals surface area contributed by atoms with E-state index < -0.39 is 5.60 Å². The van der Waals surface area contributed by atoms with E-state index in [0.717, 1.165) is 19.3 Å². The SMILES string of the molecule is CCOC1(c2nc(N)c(C)c(=O)[nH]2)CCCC(C)C1. The molecule has 2 rings (SSSR count). The van der Waals surface area contributed by atoms with Crippen molar-refractivity contribution in [2.75, 3.05) is 12.3 Å². The lowest BCUT2D eigenvalue weighted by molar-refractivity contribution is -0.0881. The minimum Gasteiger partial charge on any atom is -0.383 e. The number of aromatic amines is 1. The third kappa shape index (κ3) is 2.66. The highest BCUT2D eigenvalue weighted by atomic mass is 16.5. The van der Waals surface area contributed by atoms with Crippen molar-refractivity contribution in [1.29, 1.82) is 0 Å². The number of hydrogen-bond acceptors (Lipinski definition) is 4. The number of nitrogens with one attached hydrogen (secondary N) is 1. The van der Waals surface area contributed by atoms with E-state index in [1.807, 2.05) is 6.92 Å². The summed E-state index contributed by atoms with van der Waals surface area (Å²) in [6, 6.07) is 0. The molecule has 0 saturated heterocycles. The highest BCUT2D eigenvalue weighted by Gasteiger charge is 2.40. The second-order valence-electron chi connectivity index (χ2n) is 5.55. The maximum Gasteiger partial charge on any atom is 0.255 e. The molecule has 1 aromatic heterocycles. The summed E-state index contributed by atoms with van der Waals surface area (Å²) in [5.41, 5.74) is 5.66. The van der Waals surface area contributed by atoms with Gasteiger partial charge in [0.25, 0.3) is 5.56 Å². The van der Waals surface area contributed by atoms with Gasteiger partial charge >= 0.3 is 0 Å². The molecular formula is C14H23N3O2. The molecule has 1 aliphatic carbocycles. The maximum atomic E-state index is 11.9. The first-order valence-electron chi connectivity index (χ1n) is 6.99. The molecule has 0 amide bonds. The van der Waals surface area contributed by atoms with Crippen LogP contribution in [0.1, 0.15) is 50.9 Å². The number of nitrogens with zero attached hydrogens (tertiary/aromatic N) is 1. The summed E-state index contributed by atoms with van der Waals surface area (Å²) in [6.07, 6.45) is 4.04. The number of ether oxygens (including phenoxy) is 1. The van der Waals surface area contributed by atoms with Gasteiger partial charge in [-0.2, -0.15) is 0 Å². The third-order valence-corrected chi connectivity index (χ3v) is 4.00.